The minimum absolute atomic E-state index is 0.0239. The molecule has 0 unspecified atom stereocenters. The Balaban J connectivity index is 1.43. The van der Waals surface area contributed by atoms with Gasteiger partial charge in [0.2, 0.25) is 5.91 Å². The number of aryl methyl sites for hydroxylation is 1. The molecule has 0 aliphatic heterocycles. The molecule has 4 rings (SSSR count). The number of amides is 1. The molecule has 0 aliphatic rings. The van der Waals surface area contributed by atoms with Gasteiger partial charge in [-0.2, -0.15) is 5.10 Å². The summed E-state index contributed by atoms with van der Waals surface area (Å²) in [5, 5.41) is 11.2. The van der Waals surface area contributed by atoms with Gasteiger partial charge in [-0.05, 0) is 30.2 Å². The van der Waals surface area contributed by atoms with Crippen LogP contribution in [0.2, 0.25) is 0 Å². The summed E-state index contributed by atoms with van der Waals surface area (Å²) in [6.07, 6.45) is 2.68. The van der Waals surface area contributed by atoms with Crippen molar-refractivity contribution in [1.82, 2.24) is 20.1 Å². The second-order valence-corrected chi connectivity index (χ2v) is 6.86. The lowest BCUT2D eigenvalue weighted by atomic mass is 10.2. The van der Waals surface area contributed by atoms with Crippen molar-refractivity contribution in [2.24, 2.45) is 0 Å². The molecule has 0 saturated heterocycles. The lowest BCUT2D eigenvalue weighted by Gasteiger charge is -2.09. The van der Waals surface area contributed by atoms with Crippen LogP contribution in [0.15, 0.2) is 59.5 Å². The van der Waals surface area contributed by atoms with Crippen LogP contribution in [0.3, 0.4) is 0 Å². The zero-order valence-electron chi connectivity index (χ0n) is 16.1. The molecule has 2 heterocycles. The van der Waals surface area contributed by atoms with Crippen LogP contribution in [0.5, 0.6) is 5.75 Å². The van der Waals surface area contributed by atoms with Crippen LogP contribution in [0, 0.1) is 0 Å². The number of nitrogens with one attached hydrogen (secondary N) is 2. The first-order valence-corrected chi connectivity index (χ1v) is 9.51. The molecule has 29 heavy (non-hydrogen) atoms. The van der Waals surface area contributed by atoms with Crippen LogP contribution < -0.4 is 15.6 Å². The number of hydrogen-bond donors (Lipinski definition) is 2. The number of fused-ring (bicyclic) bond motifs is 3. The Bertz CT molecular complexity index is 1230. The molecule has 0 fully saturated rings. The maximum Gasteiger partial charge on any atom is 0.288 e. The first-order valence-electron chi connectivity index (χ1n) is 9.51. The molecule has 7 nitrogen and oxygen atoms in total. The molecule has 0 spiro atoms. The van der Waals surface area contributed by atoms with Gasteiger partial charge in [0, 0.05) is 35.8 Å². The number of rotatable bonds is 7. The number of methoxy groups -OCH3 is 1. The number of hydrogen-bond acceptors (Lipinski definition) is 4. The highest BCUT2D eigenvalue weighted by Crippen LogP contribution is 2.26. The summed E-state index contributed by atoms with van der Waals surface area (Å²) in [5.41, 5.74) is 2.33. The minimum atomic E-state index is -0.221. The van der Waals surface area contributed by atoms with E-state index in [9.17, 15) is 9.59 Å². The summed E-state index contributed by atoms with van der Waals surface area (Å²) in [6, 6.07) is 15.5. The highest BCUT2D eigenvalue weighted by Gasteiger charge is 2.13. The summed E-state index contributed by atoms with van der Waals surface area (Å²) < 4.78 is 7.17. The molecule has 148 valence electrons. The molecular formula is C22H22N4O3. The van der Waals surface area contributed by atoms with E-state index >= 15 is 0 Å². The predicted octanol–water partition coefficient (Wildman–Crippen LogP) is 2.98. The van der Waals surface area contributed by atoms with E-state index in [0.717, 1.165) is 27.6 Å². The van der Waals surface area contributed by atoms with Gasteiger partial charge in [0.1, 0.15) is 11.3 Å². The molecule has 0 saturated carbocycles. The Labute approximate surface area is 167 Å². The van der Waals surface area contributed by atoms with Crippen molar-refractivity contribution in [3.05, 3.63) is 70.6 Å². The van der Waals surface area contributed by atoms with Crippen LogP contribution in [0.25, 0.3) is 21.8 Å². The van der Waals surface area contributed by atoms with E-state index in [0.29, 0.717) is 31.4 Å². The topological polar surface area (TPSA) is 89.0 Å². The van der Waals surface area contributed by atoms with Crippen LogP contribution in [0.1, 0.15) is 18.4 Å². The lowest BCUT2D eigenvalue weighted by molar-refractivity contribution is -0.121. The molecule has 0 bridgehead atoms. The van der Waals surface area contributed by atoms with Crippen molar-refractivity contribution in [1.29, 1.82) is 0 Å². The smallest absolute Gasteiger partial charge is 0.288 e. The molecule has 7 heteroatoms. The van der Waals surface area contributed by atoms with E-state index in [-0.39, 0.29) is 11.5 Å². The zero-order chi connectivity index (χ0) is 20.2. The molecule has 1 amide bonds. The maximum absolute atomic E-state index is 12.3. The fourth-order valence-corrected chi connectivity index (χ4v) is 3.62. The first-order chi connectivity index (χ1) is 14.2. The molecule has 2 aromatic carbocycles. The molecule has 0 radical (unpaired) electrons. The Morgan fingerprint density at radius 2 is 2.03 bits per heavy atom. The van der Waals surface area contributed by atoms with Gasteiger partial charge in [0.05, 0.1) is 13.3 Å². The highest BCUT2D eigenvalue weighted by molar-refractivity contribution is 6.07. The number of carbonyl (C=O) groups is 1. The van der Waals surface area contributed by atoms with Crippen LogP contribution in [-0.4, -0.2) is 27.8 Å². The molecule has 0 atom stereocenters. The van der Waals surface area contributed by atoms with Gasteiger partial charge in [0.15, 0.2) is 0 Å². The lowest BCUT2D eigenvalue weighted by Crippen LogP contribution is -2.23. The van der Waals surface area contributed by atoms with E-state index in [1.54, 1.807) is 13.3 Å². The number of H-pyrrole nitrogens is 1. The van der Waals surface area contributed by atoms with Crippen molar-refractivity contribution in [3.63, 3.8) is 0 Å². The first kappa shape index (κ1) is 18.7. The third-order valence-corrected chi connectivity index (χ3v) is 4.99. The quantitative estimate of drug-likeness (QED) is 0.508. The van der Waals surface area contributed by atoms with Gasteiger partial charge in [-0.1, -0.05) is 30.3 Å². The van der Waals surface area contributed by atoms with Gasteiger partial charge in [-0.15, -0.1) is 0 Å². The van der Waals surface area contributed by atoms with Gasteiger partial charge in [-0.25, -0.2) is 5.10 Å². The van der Waals surface area contributed by atoms with Crippen molar-refractivity contribution < 1.29 is 9.53 Å². The third-order valence-electron chi connectivity index (χ3n) is 4.99. The van der Waals surface area contributed by atoms with Crippen molar-refractivity contribution in [3.8, 4) is 5.75 Å². The minimum Gasteiger partial charge on any atom is -0.497 e. The van der Waals surface area contributed by atoms with Crippen molar-refractivity contribution >= 4 is 27.7 Å². The fraction of sp³-hybridized carbons (Fsp3) is 0.227. The Kier molecular flexibility index (Phi) is 5.29. The summed E-state index contributed by atoms with van der Waals surface area (Å²) in [5.74, 6) is 0.743. The molecule has 2 N–H and O–H groups in total. The number of benzene rings is 2. The van der Waals surface area contributed by atoms with Crippen molar-refractivity contribution in [2.45, 2.75) is 25.9 Å². The SMILES string of the molecule is COc1cccc(CNC(=O)CCCn2c3ccccc3c3cn[nH]c(=O)c32)c1. The van der Waals surface area contributed by atoms with E-state index in [2.05, 4.69) is 15.5 Å². The summed E-state index contributed by atoms with van der Waals surface area (Å²) >= 11 is 0. The third kappa shape index (κ3) is 3.85. The van der Waals surface area contributed by atoms with E-state index in [4.69, 9.17) is 4.74 Å². The number of aromatic nitrogens is 3. The Morgan fingerprint density at radius 3 is 2.90 bits per heavy atom. The number of para-hydroxylation sites is 1. The second-order valence-electron chi connectivity index (χ2n) is 6.86. The average molecular weight is 390 g/mol. The van der Waals surface area contributed by atoms with Crippen LogP contribution in [-0.2, 0) is 17.9 Å². The van der Waals surface area contributed by atoms with Crippen molar-refractivity contribution in [2.75, 3.05) is 7.11 Å². The van der Waals surface area contributed by atoms with E-state index < -0.39 is 0 Å². The fourth-order valence-electron chi connectivity index (χ4n) is 3.62. The van der Waals surface area contributed by atoms with Crippen LogP contribution in [0.4, 0.5) is 0 Å². The molecular weight excluding hydrogens is 368 g/mol. The second kappa shape index (κ2) is 8.18. The zero-order valence-corrected chi connectivity index (χ0v) is 16.1. The standard InChI is InChI=1S/C22H22N4O3/c1-29-16-7-4-6-15(12-16)13-23-20(27)10-5-11-26-19-9-3-2-8-17(19)18-14-24-25-22(28)21(18)26/h2-4,6-9,12,14H,5,10-11,13H2,1H3,(H,23,27)(H,25,28). The van der Waals surface area contributed by atoms with Gasteiger partial charge in [0.25, 0.3) is 5.56 Å². The maximum atomic E-state index is 12.3. The normalized spacial score (nSPS) is 11.1. The molecule has 2 aromatic heterocycles. The van der Waals surface area contributed by atoms with Gasteiger partial charge < -0.3 is 14.6 Å². The summed E-state index contributed by atoms with van der Waals surface area (Å²) in [7, 11) is 1.62. The van der Waals surface area contributed by atoms with Gasteiger partial charge in [-0.3, -0.25) is 9.59 Å². The number of nitrogens with zero attached hydrogens (tertiary/aromatic N) is 2. The van der Waals surface area contributed by atoms with Gasteiger partial charge >= 0.3 is 0 Å². The summed E-state index contributed by atoms with van der Waals surface area (Å²) in [6.45, 7) is 1.03. The molecule has 4 aromatic rings. The molecule has 0 aliphatic carbocycles. The Morgan fingerprint density at radius 1 is 1.17 bits per heavy atom. The summed E-state index contributed by atoms with van der Waals surface area (Å²) in [4.78, 5) is 24.6. The number of carbonyl (C=O) groups excluding carboxylic acids is 1. The largest absolute Gasteiger partial charge is 0.497 e. The number of aromatic amines is 1. The number of ether oxygens (including phenoxy) is 1. The predicted molar refractivity (Wildman–Crippen MR) is 112 cm³/mol. The van der Waals surface area contributed by atoms with E-state index in [1.165, 1.54) is 0 Å². The average Bonchev–Trinajstić information content (AvgIpc) is 3.08. The van der Waals surface area contributed by atoms with Crippen LogP contribution >= 0.6 is 0 Å². The monoisotopic (exact) mass is 390 g/mol. The highest BCUT2D eigenvalue weighted by atomic mass is 16.5. The van der Waals surface area contributed by atoms with E-state index in [1.807, 2.05) is 53.1 Å². The Hall–Kier alpha value is -3.61.